The summed E-state index contributed by atoms with van der Waals surface area (Å²) in [5.74, 6) is 0.874. The summed E-state index contributed by atoms with van der Waals surface area (Å²) in [6, 6.07) is 0. The SMILES string of the molecule is COCc1nc(OC)c2c(C)c(C(=O)N3CCCC(C(=O)N4CCOCC4)C3)sc2n1. The molecule has 1 atom stereocenters. The van der Waals surface area contributed by atoms with Gasteiger partial charge >= 0.3 is 0 Å². The number of methoxy groups -OCH3 is 2. The summed E-state index contributed by atoms with van der Waals surface area (Å²) in [7, 11) is 3.14. The number of likely N-dealkylation sites (tertiary alicyclic amines) is 1. The van der Waals surface area contributed by atoms with Crippen LogP contribution in [0, 0.1) is 12.8 Å². The molecule has 0 bridgehead atoms. The molecular weight excluding hydrogens is 420 g/mol. The molecule has 168 valence electrons. The number of carbonyl (C=O) groups is 2. The van der Waals surface area contributed by atoms with Gasteiger partial charge in [-0.05, 0) is 25.3 Å². The molecule has 2 amide bonds. The monoisotopic (exact) mass is 448 g/mol. The van der Waals surface area contributed by atoms with E-state index >= 15 is 0 Å². The second kappa shape index (κ2) is 9.46. The molecule has 2 aromatic heterocycles. The smallest absolute Gasteiger partial charge is 0.264 e. The molecular formula is C21H28N4O5S. The van der Waals surface area contributed by atoms with Crippen LogP contribution >= 0.6 is 11.3 Å². The van der Waals surface area contributed by atoms with E-state index in [4.69, 9.17) is 14.2 Å². The van der Waals surface area contributed by atoms with Crippen LogP contribution in [0.3, 0.4) is 0 Å². The van der Waals surface area contributed by atoms with Crippen LogP contribution in [0.1, 0.15) is 33.9 Å². The van der Waals surface area contributed by atoms with Crippen molar-refractivity contribution in [2.45, 2.75) is 26.4 Å². The molecule has 0 aliphatic carbocycles. The van der Waals surface area contributed by atoms with E-state index in [2.05, 4.69) is 9.97 Å². The number of hydrogen-bond acceptors (Lipinski definition) is 8. The Hall–Kier alpha value is -2.30. The third-order valence-corrected chi connectivity index (χ3v) is 7.02. The number of rotatable bonds is 5. The number of aromatic nitrogens is 2. The second-order valence-corrected chi connectivity index (χ2v) is 8.85. The number of aryl methyl sites for hydroxylation is 1. The molecule has 0 aromatic carbocycles. The Morgan fingerprint density at radius 3 is 2.65 bits per heavy atom. The van der Waals surface area contributed by atoms with Crippen molar-refractivity contribution in [3.05, 3.63) is 16.3 Å². The highest BCUT2D eigenvalue weighted by Crippen LogP contribution is 2.36. The third kappa shape index (κ3) is 4.37. The Balaban J connectivity index is 1.57. The van der Waals surface area contributed by atoms with Crippen molar-refractivity contribution in [1.29, 1.82) is 0 Å². The summed E-state index contributed by atoms with van der Waals surface area (Å²) in [5, 5.41) is 0.758. The van der Waals surface area contributed by atoms with Gasteiger partial charge in [0.05, 0.1) is 36.5 Å². The topological polar surface area (TPSA) is 94.1 Å². The minimum absolute atomic E-state index is 0.0599. The Labute approximate surface area is 185 Å². The summed E-state index contributed by atoms with van der Waals surface area (Å²) in [5.41, 5.74) is 0.812. The molecule has 31 heavy (non-hydrogen) atoms. The fraction of sp³-hybridized carbons (Fsp3) is 0.619. The highest BCUT2D eigenvalue weighted by Gasteiger charge is 2.33. The number of nitrogens with zero attached hydrogens (tertiary/aromatic N) is 4. The van der Waals surface area contributed by atoms with Gasteiger partial charge in [-0.2, -0.15) is 4.98 Å². The van der Waals surface area contributed by atoms with Crippen molar-refractivity contribution in [2.75, 3.05) is 53.6 Å². The molecule has 9 nitrogen and oxygen atoms in total. The van der Waals surface area contributed by atoms with Crippen LogP contribution in [-0.2, 0) is 20.9 Å². The molecule has 1 unspecified atom stereocenters. The second-order valence-electron chi connectivity index (χ2n) is 7.85. The zero-order valence-electron chi connectivity index (χ0n) is 18.2. The summed E-state index contributed by atoms with van der Waals surface area (Å²) >= 11 is 1.34. The van der Waals surface area contributed by atoms with Crippen LogP contribution in [0.4, 0.5) is 0 Å². The first kappa shape index (κ1) is 21.9. The van der Waals surface area contributed by atoms with E-state index in [-0.39, 0.29) is 24.3 Å². The zero-order chi connectivity index (χ0) is 22.0. The van der Waals surface area contributed by atoms with Gasteiger partial charge in [-0.15, -0.1) is 11.3 Å². The zero-order valence-corrected chi connectivity index (χ0v) is 19.0. The van der Waals surface area contributed by atoms with E-state index in [1.807, 2.05) is 11.8 Å². The maximum atomic E-state index is 13.4. The number of hydrogen-bond donors (Lipinski definition) is 0. The van der Waals surface area contributed by atoms with E-state index in [0.29, 0.717) is 60.8 Å². The molecule has 0 saturated carbocycles. The van der Waals surface area contributed by atoms with E-state index in [0.717, 1.165) is 23.8 Å². The van der Waals surface area contributed by atoms with Gasteiger partial charge in [0.25, 0.3) is 5.91 Å². The summed E-state index contributed by atoms with van der Waals surface area (Å²) < 4.78 is 16.0. The van der Waals surface area contributed by atoms with Gasteiger partial charge < -0.3 is 24.0 Å². The number of thiophene rings is 1. The fourth-order valence-electron chi connectivity index (χ4n) is 4.24. The van der Waals surface area contributed by atoms with Gasteiger partial charge in [0, 0.05) is 33.3 Å². The molecule has 2 fully saturated rings. The summed E-state index contributed by atoms with van der Waals surface area (Å²) in [6.07, 6.45) is 1.63. The van der Waals surface area contributed by atoms with E-state index < -0.39 is 0 Å². The Morgan fingerprint density at radius 1 is 1.16 bits per heavy atom. The van der Waals surface area contributed by atoms with E-state index in [1.54, 1.807) is 19.1 Å². The highest BCUT2D eigenvalue weighted by molar-refractivity contribution is 7.20. The van der Waals surface area contributed by atoms with Gasteiger partial charge in [0.2, 0.25) is 11.8 Å². The van der Waals surface area contributed by atoms with Gasteiger partial charge in [-0.25, -0.2) is 4.98 Å². The Kier molecular flexibility index (Phi) is 6.68. The average Bonchev–Trinajstić information content (AvgIpc) is 3.14. The van der Waals surface area contributed by atoms with Crippen molar-refractivity contribution in [3.8, 4) is 5.88 Å². The Bertz CT molecular complexity index is 972. The standard InChI is InChI=1S/C21H28N4O5S/c1-13-16-18(29-3)22-15(12-28-2)23-19(16)31-17(13)21(27)25-6-4-5-14(11-25)20(26)24-7-9-30-10-8-24/h14H,4-12H2,1-3H3. The lowest BCUT2D eigenvalue weighted by Crippen LogP contribution is -2.49. The average molecular weight is 449 g/mol. The quantitative estimate of drug-likeness (QED) is 0.689. The highest BCUT2D eigenvalue weighted by atomic mass is 32.1. The number of piperidine rings is 1. The first-order valence-corrected chi connectivity index (χ1v) is 11.3. The van der Waals surface area contributed by atoms with Crippen molar-refractivity contribution >= 4 is 33.4 Å². The lowest BCUT2D eigenvalue weighted by Gasteiger charge is -2.36. The molecule has 2 saturated heterocycles. The number of amides is 2. The predicted molar refractivity (Wildman–Crippen MR) is 115 cm³/mol. The molecule has 0 N–H and O–H groups in total. The largest absolute Gasteiger partial charge is 0.480 e. The van der Waals surface area contributed by atoms with E-state index in [1.165, 1.54) is 11.3 Å². The van der Waals surface area contributed by atoms with Crippen LogP contribution in [0.15, 0.2) is 0 Å². The van der Waals surface area contributed by atoms with Crippen LogP contribution in [0.2, 0.25) is 0 Å². The molecule has 0 spiro atoms. The molecule has 2 aromatic rings. The van der Waals surface area contributed by atoms with Gasteiger partial charge in [0.1, 0.15) is 11.4 Å². The predicted octanol–water partition coefficient (Wildman–Crippen LogP) is 1.87. The number of ether oxygens (including phenoxy) is 3. The van der Waals surface area contributed by atoms with Crippen LogP contribution in [0.5, 0.6) is 5.88 Å². The molecule has 2 aliphatic rings. The lowest BCUT2D eigenvalue weighted by atomic mass is 9.96. The summed E-state index contributed by atoms with van der Waals surface area (Å²) in [6.45, 7) is 5.67. The minimum atomic E-state index is -0.159. The van der Waals surface area contributed by atoms with E-state index in [9.17, 15) is 9.59 Å². The molecule has 4 heterocycles. The third-order valence-electron chi connectivity index (χ3n) is 5.84. The molecule has 2 aliphatic heterocycles. The first-order valence-electron chi connectivity index (χ1n) is 10.5. The van der Waals surface area contributed by atoms with Crippen molar-refractivity contribution in [3.63, 3.8) is 0 Å². The van der Waals surface area contributed by atoms with Crippen LogP contribution < -0.4 is 4.74 Å². The van der Waals surface area contributed by atoms with Crippen molar-refractivity contribution in [1.82, 2.24) is 19.8 Å². The van der Waals surface area contributed by atoms with Crippen molar-refractivity contribution < 1.29 is 23.8 Å². The van der Waals surface area contributed by atoms with Crippen LogP contribution in [-0.4, -0.2) is 85.2 Å². The Morgan fingerprint density at radius 2 is 1.94 bits per heavy atom. The number of carbonyl (C=O) groups excluding carboxylic acids is 2. The van der Waals surface area contributed by atoms with Gasteiger partial charge in [-0.3, -0.25) is 9.59 Å². The normalized spacial score (nSPS) is 19.6. The fourth-order valence-corrected chi connectivity index (χ4v) is 5.40. The molecule has 4 rings (SSSR count). The van der Waals surface area contributed by atoms with Gasteiger partial charge in [-0.1, -0.05) is 0 Å². The van der Waals surface area contributed by atoms with Crippen molar-refractivity contribution in [2.24, 2.45) is 5.92 Å². The maximum absolute atomic E-state index is 13.4. The lowest BCUT2D eigenvalue weighted by molar-refractivity contribution is -0.141. The minimum Gasteiger partial charge on any atom is -0.480 e. The van der Waals surface area contributed by atoms with Crippen LogP contribution in [0.25, 0.3) is 10.2 Å². The molecule has 0 radical (unpaired) electrons. The van der Waals surface area contributed by atoms with Gasteiger partial charge in [0.15, 0.2) is 5.82 Å². The molecule has 10 heteroatoms. The number of morpholine rings is 1. The maximum Gasteiger partial charge on any atom is 0.264 e. The summed E-state index contributed by atoms with van der Waals surface area (Å²) in [4.78, 5) is 40.3. The number of fused-ring (bicyclic) bond motifs is 1. The first-order chi connectivity index (χ1) is 15.0.